The summed E-state index contributed by atoms with van der Waals surface area (Å²) in [7, 11) is 0. The third kappa shape index (κ3) is 6.76. The molecule has 0 aliphatic carbocycles. The van der Waals surface area contributed by atoms with E-state index in [9.17, 15) is 14.7 Å². The van der Waals surface area contributed by atoms with E-state index in [2.05, 4.69) is 10.6 Å². The van der Waals surface area contributed by atoms with E-state index >= 15 is 0 Å². The van der Waals surface area contributed by atoms with E-state index in [1.54, 1.807) is 25.3 Å². The van der Waals surface area contributed by atoms with Crippen molar-refractivity contribution in [2.75, 3.05) is 0 Å². The lowest BCUT2D eigenvalue weighted by Crippen LogP contribution is -2.50. The zero-order chi connectivity index (χ0) is 21.4. The highest BCUT2D eigenvalue weighted by atomic mass is 16.3. The van der Waals surface area contributed by atoms with E-state index in [1.807, 2.05) is 50.3 Å². The Hall–Kier alpha value is -3.12. The Morgan fingerprint density at radius 1 is 1.10 bits per heavy atom. The molecule has 2 atom stereocenters. The van der Waals surface area contributed by atoms with Crippen molar-refractivity contribution < 1.29 is 14.7 Å². The van der Waals surface area contributed by atoms with Crippen LogP contribution in [-0.2, 0) is 22.4 Å². The zero-order valence-electron chi connectivity index (χ0n) is 17.1. The summed E-state index contributed by atoms with van der Waals surface area (Å²) in [6.45, 7) is 5.34. The van der Waals surface area contributed by atoms with Gasteiger partial charge in [-0.1, -0.05) is 36.4 Å². The van der Waals surface area contributed by atoms with Crippen molar-refractivity contribution in [3.05, 3.63) is 77.0 Å². The van der Waals surface area contributed by atoms with Crippen LogP contribution in [0.1, 0.15) is 29.2 Å². The molecule has 2 aromatic carbocycles. The number of benzene rings is 2. The van der Waals surface area contributed by atoms with Gasteiger partial charge in [0.1, 0.15) is 11.8 Å². The fourth-order valence-corrected chi connectivity index (χ4v) is 3.07. The van der Waals surface area contributed by atoms with Gasteiger partial charge >= 0.3 is 0 Å². The van der Waals surface area contributed by atoms with Gasteiger partial charge in [-0.05, 0) is 68.0 Å². The van der Waals surface area contributed by atoms with Crippen LogP contribution in [-0.4, -0.2) is 29.0 Å². The van der Waals surface area contributed by atoms with Gasteiger partial charge in [-0.15, -0.1) is 0 Å². The van der Waals surface area contributed by atoms with Crippen LogP contribution in [0.4, 0.5) is 0 Å². The maximum Gasteiger partial charge on any atom is 0.246 e. The highest BCUT2D eigenvalue weighted by Gasteiger charge is 2.21. The van der Waals surface area contributed by atoms with Crippen LogP contribution in [0.5, 0.6) is 5.75 Å². The first-order chi connectivity index (χ1) is 13.8. The Morgan fingerprint density at radius 3 is 2.34 bits per heavy atom. The first-order valence-electron chi connectivity index (χ1n) is 9.62. The Morgan fingerprint density at radius 2 is 1.72 bits per heavy atom. The maximum atomic E-state index is 12.4. The summed E-state index contributed by atoms with van der Waals surface area (Å²) < 4.78 is 0. The molecule has 6 heteroatoms. The van der Waals surface area contributed by atoms with Crippen LogP contribution in [0, 0.1) is 13.8 Å². The van der Waals surface area contributed by atoms with E-state index in [0.29, 0.717) is 12.8 Å². The summed E-state index contributed by atoms with van der Waals surface area (Å²) >= 11 is 0. The Kier molecular flexibility index (Phi) is 7.98. The van der Waals surface area contributed by atoms with E-state index in [1.165, 1.54) is 0 Å². The van der Waals surface area contributed by atoms with Crippen molar-refractivity contribution >= 4 is 11.8 Å². The van der Waals surface area contributed by atoms with Crippen LogP contribution >= 0.6 is 0 Å². The van der Waals surface area contributed by atoms with Gasteiger partial charge in [0.05, 0.1) is 6.04 Å². The van der Waals surface area contributed by atoms with Crippen LogP contribution in [0.3, 0.4) is 0 Å². The number of hydrogen-bond acceptors (Lipinski definition) is 4. The largest absolute Gasteiger partial charge is 0.508 e. The summed E-state index contributed by atoms with van der Waals surface area (Å²) in [5.41, 5.74) is 9.86. The number of carbonyl (C=O) groups excluding carboxylic acids is 2. The summed E-state index contributed by atoms with van der Waals surface area (Å²) in [6.07, 6.45) is 4.47. The quantitative estimate of drug-likeness (QED) is 0.550. The fourth-order valence-electron chi connectivity index (χ4n) is 3.07. The first-order valence-corrected chi connectivity index (χ1v) is 9.62. The monoisotopic (exact) mass is 395 g/mol. The van der Waals surface area contributed by atoms with Crippen molar-refractivity contribution in [3.8, 4) is 5.75 Å². The number of carbonyl (C=O) groups is 2. The third-order valence-corrected chi connectivity index (χ3v) is 4.73. The fraction of sp³-hybridized carbons (Fsp3) is 0.304. The first kappa shape index (κ1) is 22.2. The molecule has 2 aromatic rings. The lowest BCUT2D eigenvalue weighted by molar-refractivity contribution is -0.128. The number of aromatic hydroxyl groups is 1. The minimum Gasteiger partial charge on any atom is -0.508 e. The van der Waals surface area contributed by atoms with Crippen molar-refractivity contribution in [1.29, 1.82) is 0 Å². The molecule has 0 heterocycles. The number of allylic oxidation sites excluding steroid dienone is 1. The number of rotatable bonds is 8. The minimum atomic E-state index is -0.791. The minimum absolute atomic E-state index is 0.187. The topological polar surface area (TPSA) is 104 Å². The van der Waals surface area contributed by atoms with Gasteiger partial charge in [0, 0.05) is 6.20 Å². The number of phenols is 1. The average Bonchev–Trinajstić information content (AvgIpc) is 2.68. The second-order valence-corrected chi connectivity index (χ2v) is 7.20. The van der Waals surface area contributed by atoms with Crippen molar-refractivity contribution in [1.82, 2.24) is 10.6 Å². The molecule has 0 aliphatic heterocycles. The highest BCUT2D eigenvalue weighted by Crippen LogP contribution is 2.21. The highest BCUT2D eigenvalue weighted by molar-refractivity contribution is 5.89. The number of aryl methyl sites for hydroxylation is 2. The van der Waals surface area contributed by atoms with Crippen LogP contribution in [0.2, 0.25) is 0 Å². The molecular weight excluding hydrogens is 366 g/mol. The maximum absolute atomic E-state index is 12.4. The normalized spacial score (nSPS) is 13.1. The molecule has 2 amide bonds. The molecule has 0 radical (unpaired) electrons. The molecule has 0 saturated carbocycles. The zero-order valence-corrected chi connectivity index (χ0v) is 17.1. The molecule has 0 aromatic heterocycles. The molecule has 1 unspecified atom stereocenters. The second-order valence-electron chi connectivity index (χ2n) is 7.20. The van der Waals surface area contributed by atoms with Gasteiger partial charge in [0.15, 0.2) is 0 Å². The molecule has 0 spiro atoms. The number of nitrogens with one attached hydrogen (secondary N) is 2. The van der Waals surface area contributed by atoms with Crippen LogP contribution in [0.15, 0.2) is 54.7 Å². The molecule has 29 heavy (non-hydrogen) atoms. The number of nitrogens with two attached hydrogens (primary N) is 1. The smallest absolute Gasteiger partial charge is 0.246 e. The molecule has 2 rings (SSSR count). The molecular formula is C23H29N3O3. The second kappa shape index (κ2) is 10.4. The van der Waals surface area contributed by atoms with Gasteiger partial charge in [-0.2, -0.15) is 0 Å². The SMILES string of the molecule is Cc1cc(O)cc(C)c1CC(N)C(=O)N[C@H](C)C(=O)N/C=C\Cc1ccccc1. The third-order valence-electron chi connectivity index (χ3n) is 4.73. The molecule has 0 bridgehead atoms. The van der Waals surface area contributed by atoms with Gasteiger partial charge < -0.3 is 21.5 Å². The molecule has 5 N–H and O–H groups in total. The summed E-state index contributed by atoms with van der Waals surface area (Å²) in [5.74, 6) is -0.521. The molecule has 0 fully saturated rings. The van der Waals surface area contributed by atoms with Gasteiger partial charge in [0.25, 0.3) is 0 Å². The predicted molar refractivity (Wildman–Crippen MR) is 114 cm³/mol. The standard InChI is InChI=1S/C23H29N3O3/c1-15-12-19(27)13-16(2)20(15)14-21(24)23(29)26-17(3)22(28)25-11-7-10-18-8-5-4-6-9-18/h4-9,11-13,17,21,27H,10,14,24H2,1-3H3,(H,25,28)(H,26,29)/b11-7-/t17-,21?/m1/s1. The lowest BCUT2D eigenvalue weighted by Gasteiger charge is -2.18. The Bertz CT molecular complexity index is 855. The van der Waals surface area contributed by atoms with E-state index in [0.717, 1.165) is 22.3 Å². The summed E-state index contributed by atoms with van der Waals surface area (Å²) in [5, 5.41) is 15.0. The molecule has 0 saturated heterocycles. The van der Waals surface area contributed by atoms with E-state index in [-0.39, 0.29) is 11.7 Å². The summed E-state index contributed by atoms with van der Waals surface area (Å²) in [4.78, 5) is 24.6. The summed E-state index contributed by atoms with van der Waals surface area (Å²) in [6, 6.07) is 11.7. The molecule has 0 aliphatic rings. The number of amides is 2. The molecule has 154 valence electrons. The van der Waals surface area contributed by atoms with Crippen molar-refractivity contribution in [2.45, 2.75) is 45.7 Å². The predicted octanol–water partition coefficient (Wildman–Crippen LogP) is 2.26. The van der Waals surface area contributed by atoms with Crippen LogP contribution in [0.25, 0.3) is 0 Å². The van der Waals surface area contributed by atoms with Gasteiger partial charge in [0.2, 0.25) is 11.8 Å². The molecule has 6 nitrogen and oxygen atoms in total. The van der Waals surface area contributed by atoms with E-state index < -0.39 is 18.0 Å². The average molecular weight is 396 g/mol. The lowest BCUT2D eigenvalue weighted by atomic mass is 9.96. The number of hydrogen-bond donors (Lipinski definition) is 4. The van der Waals surface area contributed by atoms with E-state index in [4.69, 9.17) is 5.73 Å². The van der Waals surface area contributed by atoms with Crippen molar-refractivity contribution in [3.63, 3.8) is 0 Å². The van der Waals surface area contributed by atoms with Crippen molar-refractivity contribution in [2.24, 2.45) is 5.73 Å². The Labute approximate surface area is 171 Å². The number of phenolic OH excluding ortho intramolecular Hbond substituents is 1. The Balaban J connectivity index is 1.83. The van der Waals surface area contributed by atoms with Crippen LogP contribution < -0.4 is 16.4 Å². The van der Waals surface area contributed by atoms with Gasteiger partial charge in [-0.3, -0.25) is 9.59 Å². The van der Waals surface area contributed by atoms with Gasteiger partial charge in [-0.25, -0.2) is 0 Å².